The van der Waals surface area contributed by atoms with Crippen LogP contribution in [0.15, 0.2) is 71.3 Å². The van der Waals surface area contributed by atoms with Crippen molar-refractivity contribution in [2.75, 3.05) is 0 Å². The normalized spacial score (nSPS) is 14.3. The standard InChI is InChI=1S/C30H27NO/c1-17(2)19-10-13-23-22(16-19)27-24(30(23,4)5)14-12-21-20-11-9-18(3)26(28(20)32-29(21)27)25-8-6-7-15-31-25/h6-17H,1-5H3. The van der Waals surface area contributed by atoms with Crippen LogP contribution in [-0.2, 0) is 5.41 Å². The van der Waals surface area contributed by atoms with Crippen molar-refractivity contribution in [3.8, 4) is 22.4 Å². The molecule has 2 aromatic heterocycles. The summed E-state index contributed by atoms with van der Waals surface area (Å²) >= 11 is 0. The van der Waals surface area contributed by atoms with Crippen molar-refractivity contribution >= 4 is 21.9 Å². The van der Waals surface area contributed by atoms with Gasteiger partial charge in [-0.1, -0.05) is 76.2 Å². The maximum absolute atomic E-state index is 6.77. The summed E-state index contributed by atoms with van der Waals surface area (Å²) in [7, 11) is 0. The highest BCUT2D eigenvalue weighted by molar-refractivity contribution is 6.14. The third kappa shape index (κ3) is 2.50. The highest BCUT2D eigenvalue weighted by atomic mass is 16.3. The Morgan fingerprint density at radius 1 is 0.812 bits per heavy atom. The van der Waals surface area contributed by atoms with Crippen LogP contribution >= 0.6 is 0 Å². The molecule has 0 bridgehead atoms. The number of benzene rings is 3. The molecule has 32 heavy (non-hydrogen) atoms. The van der Waals surface area contributed by atoms with Gasteiger partial charge in [0.05, 0.1) is 5.69 Å². The lowest BCUT2D eigenvalue weighted by Gasteiger charge is -2.21. The fourth-order valence-electron chi connectivity index (χ4n) is 5.44. The van der Waals surface area contributed by atoms with E-state index in [2.05, 4.69) is 88.1 Å². The summed E-state index contributed by atoms with van der Waals surface area (Å²) in [6.07, 6.45) is 1.85. The van der Waals surface area contributed by atoms with Gasteiger partial charge >= 0.3 is 0 Å². The second-order valence-corrected chi connectivity index (χ2v) is 9.90. The summed E-state index contributed by atoms with van der Waals surface area (Å²) in [5, 5.41) is 2.33. The van der Waals surface area contributed by atoms with E-state index < -0.39 is 0 Å². The third-order valence-corrected chi connectivity index (χ3v) is 7.27. The Morgan fingerprint density at radius 3 is 2.25 bits per heavy atom. The summed E-state index contributed by atoms with van der Waals surface area (Å²) in [5.41, 5.74) is 11.7. The number of hydrogen-bond donors (Lipinski definition) is 0. The van der Waals surface area contributed by atoms with Crippen LogP contribution in [0.1, 0.15) is 55.9 Å². The molecule has 0 N–H and O–H groups in total. The Kier molecular flexibility index (Phi) is 3.96. The van der Waals surface area contributed by atoms with E-state index in [4.69, 9.17) is 4.42 Å². The van der Waals surface area contributed by atoms with Crippen LogP contribution in [0.25, 0.3) is 44.3 Å². The molecule has 1 aliphatic rings. The largest absolute Gasteiger partial charge is 0.455 e. The van der Waals surface area contributed by atoms with Crippen LogP contribution in [0.4, 0.5) is 0 Å². The number of aryl methyl sites for hydroxylation is 1. The van der Waals surface area contributed by atoms with Gasteiger partial charge in [0.2, 0.25) is 0 Å². The van der Waals surface area contributed by atoms with E-state index in [1.807, 2.05) is 18.3 Å². The topological polar surface area (TPSA) is 26.0 Å². The molecule has 3 aromatic carbocycles. The van der Waals surface area contributed by atoms with Gasteiger partial charge in [-0.15, -0.1) is 0 Å². The Bertz CT molecular complexity index is 1520. The number of fused-ring (bicyclic) bond motifs is 7. The predicted molar refractivity (Wildman–Crippen MR) is 133 cm³/mol. The SMILES string of the molecule is Cc1ccc2c(oc3c4c(ccc32)C(C)(C)c2ccc(C(C)C)cc2-4)c1-c1ccccn1. The second-order valence-electron chi connectivity index (χ2n) is 9.90. The zero-order valence-corrected chi connectivity index (χ0v) is 19.3. The van der Waals surface area contributed by atoms with Gasteiger partial charge in [0, 0.05) is 33.5 Å². The molecular weight excluding hydrogens is 390 g/mol. The maximum atomic E-state index is 6.77. The molecule has 6 rings (SSSR count). The van der Waals surface area contributed by atoms with Crippen molar-refractivity contribution in [1.82, 2.24) is 4.98 Å². The summed E-state index contributed by atoms with van der Waals surface area (Å²) in [4.78, 5) is 4.63. The second kappa shape index (κ2) is 6.56. The average Bonchev–Trinajstić information content (AvgIpc) is 3.26. The number of pyridine rings is 1. The molecule has 0 saturated carbocycles. The molecule has 158 valence electrons. The molecule has 1 aliphatic carbocycles. The minimum Gasteiger partial charge on any atom is -0.455 e. The zero-order valence-electron chi connectivity index (χ0n) is 19.3. The Balaban J connectivity index is 1.73. The van der Waals surface area contributed by atoms with Crippen LogP contribution in [0.5, 0.6) is 0 Å². The first-order valence-electron chi connectivity index (χ1n) is 11.4. The highest BCUT2D eigenvalue weighted by Crippen LogP contribution is 2.53. The van der Waals surface area contributed by atoms with E-state index in [1.165, 1.54) is 38.8 Å². The molecular formula is C30H27NO. The van der Waals surface area contributed by atoms with Crippen LogP contribution in [0.3, 0.4) is 0 Å². The quantitative estimate of drug-likeness (QED) is 0.288. The van der Waals surface area contributed by atoms with Gasteiger partial charge in [-0.2, -0.15) is 0 Å². The molecule has 5 aromatic rings. The van der Waals surface area contributed by atoms with Crippen LogP contribution in [-0.4, -0.2) is 4.98 Å². The minimum absolute atomic E-state index is 0.0485. The number of hydrogen-bond acceptors (Lipinski definition) is 2. The van der Waals surface area contributed by atoms with Crippen molar-refractivity contribution in [2.24, 2.45) is 0 Å². The van der Waals surface area contributed by atoms with Gasteiger partial charge in [0.1, 0.15) is 11.2 Å². The Morgan fingerprint density at radius 2 is 1.53 bits per heavy atom. The van der Waals surface area contributed by atoms with Crippen LogP contribution in [0, 0.1) is 6.92 Å². The molecule has 0 fully saturated rings. The first-order valence-corrected chi connectivity index (χ1v) is 11.4. The van der Waals surface area contributed by atoms with Gasteiger partial charge in [0.25, 0.3) is 0 Å². The molecule has 0 atom stereocenters. The van der Waals surface area contributed by atoms with Crippen molar-refractivity contribution < 1.29 is 4.42 Å². The molecule has 0 amide bonds. The fraction of sp³-hybridized carbons (Fsp3) is 0.233. The molecule has 0 unspecified atom stereocenters. The van der Waals surface area contributed by atoms with E-state index >= 15 is 0 Å². The lowest BCUT2D eigenvalue weighted by Crippen LogP contribution is -2.14. The van der Waals surface area contributed by atoms with Crippen molar-refractivity contribution in [1.29, 1.82) is 0 Å². The van der Waals surface area contributed by atoms with Gasteiger partial charge in [-0.3, -0.25) is 4.98 Å². The van der Waals surface area contributed by atoms with E-state index in [-0.39, 0.29) is 5.41 Å². The maximum Gasteiger partial charge on any atom is 0.145 e. The van der Waals surface area contributed by atoms with Gasteiger partial charge < -0.3 is 4.42 Å². The summed E-state index contributed by atoms with van der Waals surface area (Å²) in [5.74, 6) is 0.487. The van der Waals surface area contributed by atoms with Gasteiger partial charge in [-0.25, -0.2) is 0 Å². The first-order chi connectivity index (χ1) is 15.4. The fourth-order valence-corrected chi connectivity index (χ4v) is 5.44. The highest BCUT2D eigenvalue weighted by Gasteiger charge is 2.38. The molecule has 0 saturated heterocycles. The summed E-state index contributed by atoms with van der Waals surface area (Å²) < 4.78 is 6.77. The molecule has 2 nitrogen and oxygen atoms in total. The van der Waals surface area contributed by atoms with Crippen LogP contribution < -0.4 is 0 Å². The molecule has 0 aliphatic heterocycles. The van der Waals surface area contributed by atoms with Gasteiger partial charge in [-0.05, 0) is 52.8 Å². The Hall–Kier alpha value is -3.39. The number of rotatable bonds is 2. The average molecular weight is 418 g/mol. The monoisotopic (exact) mass is 417 g/mol. The molecule has 2 heteroatoms. The smallest absolute Gasteiger partial charge is 0.145 e. The zero-order chi connectivity index (χ0) is 22.2. The van der Waals surface area contributed by atoms with Crippen molar-refractivity contribution in [3.63, 3.8) is 0 Å². The van der Waals surface area contributed by atoms with Crippen LogP contribution in [0.2, 0.25) is 0 Å². The van der Waals surface area contributed by atoms with E-state index in [0.717, 1.165) is 27.8 Å². The van der Waals surface area contributed by atoms with Crippen molar-refractivity contribution in [3.05, 3.63) is 89.1 Å². The summed E-state index contributed by atoms with van der Waals surface area (Å²) in [6, 6.07) is 22.0. The number of furan rings is 1. The molecule has 0 radical (unpaired) electrons. The molecule has 2 heterocycles. The lowest BCUT2D eigenvalue weighted by atomic mass is 9.82. The first kappa shape index (κ1) is 19.3. The summed E-state index contributed by atoms with van der Waals surface area (Å²) in [6.45, 7) is 11.3. The number of aromatic nitrogens is 1. The third-order valence-electron chi connectivity index (χ3n) is 7.27. The van der Waals surface area contributed by atoms with E-state index in [0.29, 0.717) is 5.92 Å². The van der Waals surface area contributed by atoms with Crippen molar-refractivity contribution in [2.45, 2.75) is 46.0 Å². The lowest BCUT2D eigenvalue weighted by molar-refractivity contribution is 0.653. The van der Waals surface area contributed by atoms with Gasteiger partial charge in [0.15, 0.2) is 0 Å². The minimum atomic E-state index is -0.0485. The number of nitrogens with zero attached hydrogens (tertiary/aromatic N) is 1. The Labute approximate surface area is 188 Å². The molecule has 0 spiro atoms. The predicted octanol–water partition coefficient (Wildman–Crippen LogP) is 8.39. The van der Waals surface area contributed by atoms with E-state index in [1.54, 1.807) is 0 Å². The van der Waals surface area contributed by atoms with E-state index in [9.17, 15) is 0 Å².